The van der Waals surface area contributed by atoms with E-state index in [0.29, 0.717) is 38.7 Å². The highest BCUT2D eigenvalue weighted by molar-refractivity contribution is 6.33. The smallest absolute Gasteiger partial charge is 0.344 e. The average molecular weight is 434 g/mol. The summed E-state index contributed by atoms with van der Waals surface area (Å²) in [4.78, 5) is 25.1. The number of amides is 1. The van der Waals surface area contributed by atoms with Crippen LogP contribution >= 0.6 is 11.6 Å². The molecule has 0 aliphatic carbocycles. The second kappa shape index (κ2) is 8.66. The van der Waals surface area contributed by atoms with Gasteiger partial charge in [0.2, 0.25) is 0 Å². The molecule has 1 N–H and O–H groups in total. The number of halogens is 1. The van der Waals surface area contributed by atoms with Crippen LogP contribution in [-0.2, 0) is 0 Å². The van der Waals surface area contributed by atoms with Crippen molar-refractivity contribution in [3.05, 3.63) is 93.8 Å². The molecule has 0 bridgehead atoms. The number of ether oxygens (including phenoxy) is 1. The summed E-state index contributed by atoms with van der Waals surface area (Å²) in [6.45, 7) is 3.85. The average Bonchev–Trinajstić information content (AvgIpc) is 2.73. The minimum Gasteiger partial charge on any atom is -0.491 e. The molecular formula is C25H20ClNO4. The van der Waals surface area contributed by atoms with Crippen molar-refractivity contribution < 1.29 is 13.9 Å². The molecule has 0 aliphatic rings. The van der Waals surface area contributed by atoms with Crippen LogP contribution in [0.15, 0.2) is 82.0 Å². The predicted octanol–water partition coefficient (Wildman–Crippen LogP) is 6.15. The molecular weight excluding hydrogens is 414 g/mol. The molecule has 3 aromatic carbocycles. The third-order valence-corrected chi connectivity index (χ3v) is 4.94. The summed E-state index contributed by atoms with van der Waals surface area (Å²) in [5, 5.41) is 3.95. The van der Waals surface area contributed by atoms with Gasteiger partial charge in [0.05, 0.1) is 16.7 Å². The summed E-state index contributed by atoms with van der Waals surface area (Å²) in [5.41, 5.74) is 1.92. The van der Waals surface area contributed by atoms with E-state index in [0.717, 1.165) is 5.39 Å². The zero-order valence-electron chi connectivity index (χ0n) is 17.0. The number of para-hydroxylation sites is 1. The van der Waals surface area contributed by atoms with Gasteiger partial charge in [0.15, 0.2) is 0 Å². The minimum absolute atomic E-state index is 0.0115. The molecule has 31 heavy (non-hydrogen) atoms. The Morgan fingerprint density at radius 2 is 1.77 bits per heavy atom. The van der Waals surface area contributed by atoms with Crippen LogP contribution < -0.4 is 15.7 Å². The maximum absolute atomic E-state index is 12.6. The van der Waals surface area contributed by atoms with Gasteiger partial charge in [-0.25, -0.2) is 4.79 Å². The summed E-state index contributed by atoms with van der Waals surface area (Å²) in [7, 11) is 0. The molecule has 0 aliphatic heterocycles. The lowest BCUT2D eigenvalue weighted by molar-refractivity contribution is 0.102. The van der Waals surface area contributed by atoms with Crippen molar-refractivity contribution in [3.63, 3.8) is 0 Å². The maximum Gasteiger partial charge on any atom is 0.344 e. The first-order valence-corrected chi connectivity index (χ1v) is 10.2. The van der Waals surface area contributed by atoms with Gasteiger partial charge in [0.1, 0.15) is 11.3 Å². The molecule has 156 valence electrons. The number of anilines is 1. The molecule has 0 atom stereocenters. The van der Waals surface area contributed by atoms with E-state index in [1.165, 1.54) is 0 Å². The molecule has 4 aromatic rings. The molecule has 6 heteroatoms. The molecule has 1 aromatic heterocycles. The molecule has 0 radical (unpaired) electrons. The third-order valence-electron chi connectivity index (χ3n) is 4.63. The van der Waals surface area contributed by atoms with Gasteiger partial charge < -0.3 is 14.5 Å². The van der Waals surface area contributed by atoms with Crippen LogP contribution in [0.3, 0.4) is 0 Å². The topological polar surface area (TPSA) is 68.5 Å². The van der Waals surface area contributed by atoms with E-state index >= 15 is 0 Å². The number of rotatable bonds is 5. The Balaban J connectivity index is 1.59. The fraction of sp³-hybridized carbons (Fsp3) is 0.120. The first-order valence-electron chi connectivity index (χ1n) is 9.81. The van der Waals surface area contributed by atoms with Crippen LogP contribution in [-0.4, -0.2) is 12.0 Å². The molecule has 0 spiro atoms. The van der Waals surface area contributed by atoms with Crippen molar-refractivity contribution in [1.29, 1.82) is 0 Å². The standard InChI is InChI=1S/C25H20ClNO4/c1-15(2)30-19-8-5-7-17(12-19)24(28)27-18-10-11-20(22(26)14-18)21-13-16-6-3-4-9-23(16)31-25(21)29/h3-15H,1-2H3,(H,27,28). The van der Waals surface area contributed by atoms with Crippen molar-refractivity contribution in [2.75, 3.05) is 5.32 Å². The lowest BCUT2D eigenvalue weighted by atomic mass is 10.1. The maximum atomic E-state index is 12.6. The Bertz CT molecular complexity index is 1330. The normalized spacial score (nSPS) is 11.0. The van der Waals surface area contributed by atoms with Gasteiger partial charge in [0, 0.05) is 22.2 Å². The second-order valence-electron chi connectivity index (χ2n) is 7.33. The van der Waals surface area contributed by atoms with Gasteiger partial charge in [0.25, 0.3) is 5.91 Å². The van der Waals surface area contributed by atoms with Crippen LogP contribution in [0.25, 0.3) is 22.1 Å². The highest BCUT2D eigenvalue weighted by Gasteiger charge is 2.13. The Morgan fingerprint density at radius 3 is 2.55 bits per heavy atom. The SMILES string of the molecule is CC(C)Oc1cccc(C(=O)Nc2ccc(-c3cc4ccccc4oc3=O)c(Cl)c2)c1. The van der Waals surface area contributed by atoms with E-state index < -0.39 is 5.63 Å². The number of carbonyl (C=O) groups excluding carboxylic acids is 1. The van der Waals surface area contributed by atoms with Gasteiger partial charge >= 0.3 is 5.63 Å². The fourth-order valence-corrected chi connectivity index (χ4v) is 3.53. The van der Waals surface area contributed by atoms with E-state index in [1.807, 2.05) is 26.0 Å². The zero-order valence-corrected chi connectivity index (χ0v) is 17.8. The van der Waals surface area contributed by atoms with Crippen LogP contribution in [0.1, 0.15) is 24.2 Å². The van der Waals surface area contributed by atoms with E-state index in [9.17, 15) is 9.59 Å². The molecule has 4 rings (SSSR count). The summed E-state index contributed by atoms with van der Waals surface area (Å²) in [5.74, 6) is 0.335. The van der Waals surface area contributed by atoms with Gasteiger partial charge in [-0.1, -0.05) is 41.9 Å². The van der Waals surface area contributed by atoms with Gasteiger partial charge in [-0.05, 0) is 56.3 Å². The van der Waals surface area contributed by atoms with Crippen LogP contribution in [0, 0.1) is 0 Å². The second-order valence-corrected chi connectivity index (χ2v) is 7.74. The van der Waals surface area contributed by atoms with Crippen molar-refractivity contribution in [2.24, 2.45) is 0 Å². The molecule has 1 heterocycles. The van der Waals surface area contributed by atoms with E-state index in [-0.39, 0.29) is 12.0 Å². The third kappa shape index (κ3) is 4.62. The van der Waals surface area contributed by atoms with Gasteiger partial charge in [-0.2, -0.15) is 0 Å². The Hall–Kier alpha value is -3.57. The van der Waals surface area contributed by atoms with Crippen molar-refractivity contribution >= 4 is 34.2 Å². The molecule has 0 unspecified atom stereocenters. The lowest BCUT2D eigenvalue weighted by Crippen LogP contribution is -2.13. The number of fused-ring (bicyclic) bond motifs is 1. The summed E-state index contributed by atoms with van der Waals surface area (Å²) in [6, 6.07) is 21.0. The highest BCUT2D eigenvalue weighted by Crippen LogP contribution is 2.30. The van der Waals surface area contributed by atoms with E-state index in [2.05, 4.69) is 5.32 Å². The summed E-state index contributed by atoms with van der Waals surface area (Å²) >= 11 is 6.45. The number of benzene rings is 3. The van der Waals surface area contributed by atoms with Crippen molar-refractivity contribution in [2.45, 2.75) is 20.0 Å². The number of carbonyl (C=O) groups is 1. The molecule has 0 saturated heterocycles. The quantitative estimate of drug-likeness (QED) is 0.383. The molecule has 1 amide bonds. The van der Waals surface area contributed by atoms with Crippen LogP contribution in [0.5, 0.6) is 5.75 Å². The van der Waals surface area contributed by atoms with Crippen LogP contribution in [0.2, 0.25) is 5.02 Å². The van der Waals surface area contributed by atoms with Crippen molar-refractivity contribution in [3.8, 4) is 16.9 Å². The Labute approximate surface area is 184 Å². The highest BCUT2D eigenvalue weighted by atomic mass is 35.5. The number of nitrogens with one attached hydrogen (secondary N) is 1. The summed E-state index contributed by atoms with van der Waals surface area (Å²) < 4.78 is 11.0. The van der Waals surface area contributed by atoms with Gasteiger partial charge in [-0.3, -0.25) is 4.79 Å². The predicted molar refractivity (Wildman–Crippen MR) is 123 cm³/mol. The minimum atomic E-state index is -0.473. The first kappa shape index (κ1) is 20.7. The monoisotopic (exact) mass is 433 g/mol. The van der Waals surface area contributed by atoms with Crippen molar-refractivity contribution in [1.82, 2.24) is 0 Å². The van der Waals surface area contributed by atoms with E-state index in [1.54, 1.807) is 60.7 Å². The fourth-order valence-electron chi connectivity index (χ4n) is 3.25. The van der Waals surface area contributed by atoms with Crippen LogP contribution in [0.4, 0.5) is 5.69 Å². The van der Waals surface area contributed by atoms with E-state index in [4.69, 9.17) is 20.8 Å². The zero-order chi connectivity index (χ0) is 22.0. The molecule has 5 nitrogen and oxygen atoms in total. The van der Waals surface area contributed by atoms with Gasteiger partial charge in [-0.15, -0.1) is 0 Å². The largest absolute Gasteiger partial charge is 0.491 e. The number of hydrogen-bond donors (Lipinski definition) is 1. The Kier molecular flexibility index (Phi) is 5.78. The lowest BCUT2D eigenvalue weighted by Gasteiger charge is -2.12. The first-order chi connectivity index (χ1) is 14.9. The molecule has 0 fully saturated rings. The number of hydrogen-bond acceptors (Lipinski definition) is 4. The summed E-state index contributed by atoms with van der Waals surface area (Å²) in [6.07, 6.45) is 0.0115. The Morgan fingerprint density at radius 1 is 0.968 bits per heavy atom. The molecule has 0 saturated carbocycles.